The lowest BCUT2D eigenvalue weighted by Gasteiger charge is -2.34. The van der Waals surface area contributed by atoms with E-state index in [0.717, 1.165) is 31.7 Å². The van der Waals surface area contributed by atoms with E-state index in [-0.39, 0.29) is 5.75 Å². The van der Waals surface area contributed by atoms with E-state index in [1.807, 2.05) is 24.4 Å². The van der Waals surface area contributed by atoms with Crippen LogP contribution in [-0.4, -0.2) is 42.5 Å². The second-order valence-corrected chi connectivity index (χ2v) is 5.11. The Kier molecular flexibility index (Phi) is 4.05. The summed E-state index contributed by atoms with van der Waals surface area (Å²) in [4.78, 5) is 2.38. The number of phenols is 1. The second kappa shape index (κ2) is 6.31. The molecule has 0 aliphatic carbocycles. The average Bonchev–Trinajstić information content (AvgIpc) is 2.56. The Morgan fingerprint density at radius 3 is 2.19 bits per heavy atom. The van der Waals surface area contributed by atoms with Gasteiger partial charge in [0.15, 0.2) is 0 Å². The van der Waals surface area contributed by atoms with Gasteiger partial charge in [0.1, 0.15) is 5.75 Å². The highest BCUT2D eigenvalue weighted by atomic mass is 16.3. The minimum absolute atomic E-state index is 0.281. The van der Waals surface area contributed by atoms with Crippen molar-refractivity contribution >= 4 is 11.9 Å². The summed E-state index contributed by atoms with van der Waals surface area (Å²) in [5.74, 6) is 0.281. The molecule has 1 aliphatic heterocycles. The highest BCUT2D eigenvalue weighted by Gasteiger charge is 2.15. The van der Waals surface area contributed by atoms with Gasteiger partial charge in [-0.3, -0.25) is 5.01 Å². The van der Waals surface area contributed by atoms with Crippen LogP contribution in [0.15, 0.2) is 59.7 Å². The van der Waals surface area contributed by atoms with E-state index in [9.17, 15) is 5.11 Å². The SMILES string of the molecule is Oc1ccc(/C=N/N2CCN(c3ccccc3)CC2)cc1. The minimum atomic E-state index is 0.281. The van der Waals surface area contributed by atoms with E-state index in [1.54, 1.807) is 12.1 Å². The van der Waals surface area contributed by atoms with Gasteiger partial charge in [-0.15, -0.1) is 0 Å². The first-order valence-corrected chi connectivity index (χ1v) is 7.19. The third kappa shape index (κ3) is 3.54. The first-order chi connectivity index (χ1) is 10.3. The molecule has 1 heterocycles. The normalized spacial score (nSPS) is 15.6. The van der Waals surface area contributed by atoms with Crippen LogP contribution in [-0.2, 0) is 0 Å². The summed E-state index contributed by atoms with van der Waals surface area (Å²) >= 11 is 0. The van der Waals surface area contributed by atoms with E-state index in [1.165, 1.54) is 5.69 Å². The molecule has 0 saturated carbocycles. The smallest absolute Gasteiger partial charge is 0.115 e. The lowest BCUT2D eigenvalue weighted by atomic mass is 10.2. The molecule has 0 unspecified atom stereocenters. The zero-order chi connectivity index (χ0) is 14.5. The van der Waals surface area contributed by atoms with E-state index in [4.69, 9.17) is 0 Å². The van der Waals surface area contributed by atoms with Crippen molar-refractivity contribution in [3.05, 3.63) is 60.2 Å². The Morgan fingerprint density at radius 2 is 1.52 bits per heavy atom. The van der Waals surface area contributed by atoms with Crippen LogP contribution < -0.4 is 4.90 Å². The van der Waals surface area contributed by atoms with Gasteiger partial charge >= 0.3 is 0 Å². The zero-order valence-corrected chi connectivity index (χ0v) is 11.9. The maximum absolute atomic E-state index is 9.25. The second-order valence-electron chi connectivity index (χ2n) is 5.11. The van der Waals surface area contributed by atoms with Crippen molar-refractivity contribution in [2.75, 3.05) is 31.1 Å². The molecule has 21 heavy (non-hydrogen) atoms. The highest BCUT2D eigenvalue weighted by molar-refractivity contribution is 5.79. The van der Waals surface area contributed by atoms with E-state index < -0.39 is 0 Å². The van der Waals surface area contributed by atoms with Crippen LogP contribution in [0.4, 0.5) is 5.69 Å². The van der Waals surface area contributed by atoms with Crippen LogP contribution in [0.5, 0.6) is 5.75 Å². The van der Waals surface area contributed by atoms with Crippen LogP contribution in [0.2, 0.25) is 0 Å². The van der Waals surface area contributed by atoms with Gasteiger partial charge in [-0.2, -0.15) is 5.10 Å². The molecule has 4 nitrogen and oxygen atoms in total. The largest absolute Gasteiger partial charge is 0.508 e. The average molecular weight is 281 g/mol. The predicted molar refractivity (Wildman–Crippen MR) is 85.9 cm³/mol. The Labute approximate surface area is 124 Å². The molecule has 1 aliphatic rings. The molecule has 4 heteroatoms. The molecule has 0 amide bonds. The van der Waals surface area contributed by atoms with Crippen molar-refractivity contribution < 1.29 is 5.11 Å². The van der Waals surface area contributed by atoms with E-state index >= 15 is 0 Å². The number of hydrogen-bond acceptors (Lipinski definition) is 4. The molecule has 2 aromatic rings. The monoisotopic (exact) mass is 281 g/mol. The van der Waals surface area contributed by atoms with Gasteiger partial charge in [0.25, 0.3) is 0 Å². The van der Waals surface area contributed by atoms with Gasteiger partial charge in [0.2, 0.25) is 0 Å². The molecule has 0 atom stereocenters. The summed E-state index contributed by atoms with van der Waals surface area (Å²) < 4.78 is 0. The highest BCUT2D eigenvalue weighted by Crippen LogP contribution is 2.15. The molecule has 2 aromatic carbocycles. The lowest BCUT2D eigenvalue weighted by Crippen LogP contribution is -2.44. The fraction of sp³-hybridized carbons (Fsp3) is 0.235. The summed E-state index contributed by atoms with van der Waals surface area (Å²) in [5.41, 5.74) is 2.28. The molecule has 3 rings (SSSR count). The van der Waals surface area contributed by atoms with Gasteiger partial charge < -0.3 is 10.0 Å². The topological polar surface area (TPSA) is 39.1 Å². The van der Waals surface area contributed by atoms with Crippen molar-refractivity contribution in [1.29, 1.82) is 0 Å². The molecule has 0 aromatic heterocycles. The van der Waals surface area contributed by atoms with Crippen molar-refractivity contribution in [2.45, 2.75) is 0 Å². The number of benzene rings is 2. The van der Waals surface area contributed by atoms with Crippen LogP contribution in [0, 0.1) is 0 Å². The number of aromatic hydroxyl groups is 1. The number of hydrazone groups is 1. The number of anilines is 1. The fourth-order valence-corrected chi connectivity index (χ4v) is 2.42. The Hall–Kier alpha value is -2.49. The number of para-hydroxylation sites is 1. The van der Waals surface area contributed by atoms with Crippen molar-refractivity contribution in [1.82, 2.24) is 5.01 Å². The van der Waals surface area contributed by atoms with Gasteiger partial charge in [-0.1, -0.05) is 18.2 Å². The van der Waals surface area contributed by atoms with Gasteiger partial charge in [0.05, 0.1) is 19.3 Å². The molecular formula is C17H19N3O. The van der Waals surface area contributed by atoms with E-state index in [2.05, 4.69) is 39.3 Å². The van der Waals surface area contributed by atoms with E-state index in [0.29, 0.717) is 0 Å². The third-order valence-electron chi connectivity index (χ3n) is 3.64. The summed E-state index contributed by atoms with van der Waals surface area (Å²) in [6, 6.07) is 17.6. The summed E-state index contributed by atoms with van der Waals surface area (Å²) in [7, 11) is 0. The van der Waals surface area contributed by atoms with Crippen molar-refractivity contribution in [3.8, 4) is 5.75 Å². The van der Waals surface area contributed by atoms with Crippen LogP contribution >= 0.6 is 0 Å². The molecule has 0 bridgehead atoms. The summed E-state index contributed by atoms with van der Waals surface area (Å²) in [5, 5.41) is 15.9. The molecular weight excluding hydrogens is 262 g/mol. The van der Waals surface area contributed by atoms with Crippen LogP contribution in [0.1, 0.15) is 5.56 Å². The fourth-order valence-electron chi connectivity index (χ4n) is 2.42. The number of rotatable bonds is 3. The third-order valence-corrected chi connectivity index (χ3v) is 3.64. The maximum atomic E-state index is 9.25. The molecule has 1 N–H and O–H groups in total. The summed E-state index contributed by atoms with van der Waals surface area (Å²) in [6.45, 7) is 3.81. The Bertz CT molecular complexity index is 587. The Morgan fingerprint density at radius 1 is 0.857 bits per heavy atom. The molecule has 1 saturated heterocycles. The predicted octanol–water partition coefficient (Wildman–Crippen LogP) is 2.55. The van der Waals surface area contributed by atoms with Crippen molar-refractivity contribution in [3.63, 3.8) is 0 Å². The quantitative estimate of drug-likeness (QED) is 0.879. The van der Waals surface area contributed by atoms with Crippen molar-refractivity contribution in [2.24, 2.45) is 5.10 Å². The van der Waals surface area contributed by atoms with Gasteiger partial charge in [-0.25, -0.2) is 0 Å². The summed E-state index contributed by atoms with van der Waals surface area (Å²) in [6.07, 6.45) is 1.84. The standard InChI is InChI=1S/C17H19N3O/c21-17-8-6-15(7-9-17)14-18-20-12-10-19(11-13-20)16-4-2-1-3-5-16/h1-9,14,21H,10-13H2/b18-14+. The lowest BCUT2D eigenvalue weighted by molar-refractivity contribution is 0.272. The number of hydrogen-bond donors (Lipinski definition) is 1. The maximum Gasteiger partial charge on any atom is 0.115 e. The first-order valence-electron chi connectivity index (χ1n) is 7.19. The molecule has 0 radical (unpaired) electrons. The molecule has 108 valence electrons. The first kappa shape index (κ1) is 13.5. The number of nitrogens with zero attached hydrogens (tertiary/aromatic N) is 3. The zero-order valence-electron chi connectivity index (χ0n) is 11.9. The van der Waals surface area contributed by atoms with Gasteiger partial charge in [0, 0.05) is 18.8 Å². The Balaban J connectivity index is 1.55. The van der Waals surface area contributed by atoms with Crippen LogP contribution in [0.3, 0.4) is 0 Å². The number of phenolic OH excluding ortho intramolecular Hbond substituents is 1. The molecule has 0 spiro atoms. The van der Waals surface area contributed by atoms with Crippen LogP contribution in [0.25, 0.3) is 0 Å². The molecule has 1 fully saturated rings. The number of piperazine rings is 1. The van der Waals surface area contributed by atoms with Gasteiger partial charge in [-0.05, 0) is 42.0 Å². The minimum Gasteiger partial charge on any atom is -0.508 e.